The Balaban J connectivity index is 2.25. The maximum absolute atomic E-state index is 5.41. The fourth-order valence-corrected chi connectivity index (χ4v) is 1.90. The van der Waals surface area contributed by atoms with Gasteiger partial charge < -0.3 is 9.47 Å². The van der Waals surface area contributed by atoms with Crippen LogP contribution in [0.1, 0.15) is 5.56 Å². The lowest BCUT2D eigenvalue weighted by molar-refractivity contribution is 0.341. The Bertz CT molecular complexity index is 334. The second kappa shape index (κ2) is 3.75. The van der Waals surface area contributed by atoms with Crippen molar-refractivity contribution >= 4 is 17.8 Å². The molecule has 3 heteroatoms. The zero-order chi connectivity index (χ0) is 9.10. The van der Waals surface area contributed by atoms with Crippen molar-refractivity contribution in [2.24, 2.45) is 0 Å². The first-order valence-electron chi connectivity index (χ1n) is 3.99. The van der Waals surface area contributed by atoms with E-state index in [4.69, 9.17) is 9.47 Å². The van der Waals surface area contributed by atoms with Crippen LogP contribution < -0.4 is 4.74 Å². The van der Waals surface area contributed by atoms with Crippen molar-refractivity contribution in [2.75, 3.05) is 13.0 Å². The van der Waals surface area contributed by atoms with Gasteiger partial charge in [-0.1, -0.05) is 17.8 Å². The summed E-state index contributed by atoms with van der Waals surface area (Å²) < 4.78 is 10.2. The maximum Gasteiger partial charge on any atom is 0.138 e. The van der Waals surface area contributed by atoms with Gasteiger partial charge in [-0.25, -0.2) is 0 Å². The van der Waals surface area contributed by atoms with E-state index < -0.39 is 0 Å². The largest absolute Gasteiger partial charge is 0.504 e. The van der Waals surface area contributed by atoms with Crippen molar-refractivity contribution in [1.82, 2.24) is 0 Å². The van der Waals surface area contributed by atoms with Crippen molar-refractivity contribution in [2.45, 2.75) is 4.90 Å². The molecule has 0 unspecified atom stereocenters. The summed E-state index contributed by atoms with van der Waals surface area (Å²) >= 11 is 1.72. The van der Waals surface area contributed by atoms with Gasteiger partial charge in [0.05, 0.1) is 18.3 Å². The molecular formula is C10H10O2S. The minimum absolute atomic E-state index is 0.729. The van der Waals surface area contributed by atoms with Gasteiger partial charge in [0.2, 0.25) is 0 Å². The lowest BCUT2D eigenvalue weighted by Crippen LogP contribution is -1.82. The van der Waals surface area contributed by atoms with E-state index in [0.717, 1.165) is 17.3 Å². The SMILES string of the molecule is COC=Cc1ccc2c(c1)OCS2. The van der Waals surface area contributed by atoms with Gasteiger partial charge in [0.15, 0.2) is 0 Å². The van der Waals surface area contributed by atoms with Crippen LogP contribution in [0.25, 0.3) is 6.08 Å². The molecule has 1 aromatic rings. The Hall–Kier alpha value is -1.09. The van der Waals surface area contributed by atoms with Gasteiger partial charge in [-0.05, 0) is 23.8 Å². The predicted octanol–water partition coefficient (Wildman–Crippen LogP) is 2.75. The van der Waals surface area contributed by atoms with Crippen molar-refractivity contribution in [3.8, 4) is 5.75 Å². The molecule has 0 N–H and O–H groups in total. The van der Waals surface area contributed by atoms with Crippen molar-refractivity contribution in [3.63, 3.8) is 0 Å². The Morgan fingerprint density at radius 2 is 2.46 bits per heavy atom. The van der Waals surface area contributed by atoms with Crippen molar-refractivity contribution < 1.29 is 9.47 Å². The second-order valence-electron chi connectivity index (χ2n) is 2.65. The third kappa shape index (κ3) is 1.80. The van der Waals surface area contributed by atoms with Crippen LogP contribution in [0, 0.1) is 0 Å². The highest BCUT2D eigenvalue weighted by atomic mass is 32.2. The molecule has 0 bridgehead atoms. The zero-order valence-corrected chi connectivity index (χ0v) is 8.14. The summed E-state index contributed by atoms with van der Waals surface area (Å²) in [6.07, 6.45) is 3.57. The first kappa shape index (κ1) is 8.51. The smallest absolute Gasteiger partial charge is 0.138 e. The van der Waals surface area contributed by atoms with Crippen LogP contribution in [0.4, 0.5) is 0 Å². The molecule has 0 aromatic heterocycles. The monoisotopic (exact) mass is 194 g/mol. The summed E-state index contributed by atoms with van der Waals surface area (Å²) in [6.45, 7) is 0. The number of thioether (sulfide) groups is 1. The van der Waals surface area contributed by atoms with E-state index in [-0.39, 0.29) is 0 Å². The number of methoxy groups -OCH3 is 1. The van der Waals surface area contributed by atoms with E-state index in [1.807, 2.05) is 12.1 Å². The van der Waals surface area contributed by atoms with Crippen molar-refractivity contribution in [3.05, 3.63) is 30.0 Å². The van der Waals surface area contributed by atoms with Crippen LogP contribution >= 0.6 is 11.8 Å². The Morgan fingerprint density at radius 1 is 1.54 bits per heavy atom. The number of hydrogen-bond donors (Lipinski definition) is 0. The third-order valence-electron chi connectivity index (χ3n) is 1.79. The molecule has 1 aliphatic heterocycles. The van der Waals surface area contributed by atoms with Crippen LogP contribution in [0.3, 0.4) is 0 Å². The highest BCUT2D eigenvalue weighted by Crippen LogP contribution is 2.36. The van der Waals surface area contributed by atoms with Gasteiger partial charge in [-0.2, -0.15) is 0 Å². The molecule has 0 radical (unpaired) electrons. The summed E-state index contributed by atoms with van der Waals surface area (Å²) in [7, 11) is 1.64. The van der Waals surface area contributed by atoms with E-state index in [2.05, 4.69) is 12.1 Å². The highest BCUT2D eigenvalue weighted by molar-refractivity contribution is 7.99. The van der Waals surface area contributed by atoms with Crippen LogP contribution in [-0.4, -0.2) is 13.0 Å². The van der Waals surface area contributed by atoms with Crippen LogP contribution in [-0.2, 0) is 4.74 Å². The third-order valence-corrected chi connectivity index (χ3v) is 2.68. The number of fused-ring (bicyclic) bond motifs is 1. The molecule has 0 atom stereocenters. The number of ether oxygens (including phenoxy) is 2. The number of benzene rings is 1. The lowest BCUT2D eigenvalue weighted by atomic mass is 10.2. The molecule has 1 aliphatic rings. The average Bonchev–Trinajstić information content (AvgIpc) is 2.61. The zero-order valence-electron chi connectivity index (χ0n) is 7.32. The summed E-state index contributed by atoms with van der Waals surface area (Å²) in [5.41, 5.74) is 1.10. The maximum atomic E-state index is 5.41. The fraction of sp³-hybridized carbons (Fsp3) is 0.200. The standard InChI is InChI=1S/C10H10O2S/c1-11-5-4-8-2-3-10-9(6-8)12-7-13-10/h2-6H,7H2,1H3. The van der Waals surface area contributed by atoms with Gasteiger partial charge in [0, 0.05) is 0 Å². The normalized spacial score (nSPS) is 14.2. The molecular weight excluding hydrogens is 184 g/mol. The van der Waals surface area contributed by atoms with E-state index >= 15 is 0 Å². The summed E-state index contributed by atoms with van der Waals surface area (Å²) in [5, 5.41) is 0. The van der Waals surface area contributed by atoms with Gasteiger partial charge in [-0.15, -0.1) is 0 Å². The minimum Gasteiger partial charge on any atom is -0.504 e. The molecule has 0 aliphatic carbocycles. The molecule has 2 rings (SSSR count). The minimum atomic E-state index is 0.729. The van der Waals surface area contributed by atoms with Gasteiger partial charge in [0.1, 0.15) is 11.7 Å². The predicted molar refractivity (Wildman–Crippen MR) is 53.8 cm³/mol. The van der Waals surface area contributed by atoms with Gasteiger partial charge >= 0.3 is 0 Å². The Labute approximate surface area is 81.5 Å². The summed E-state index contributed by atoms with van der Waals surface area (Å²) in [4.78, 5) is 1.22. The molecule has 68 valence electrons. The molecule has 1 heterocycles. The highest BCUT2D eigenvalue weighted by Gasteiger charge is 2.11. The van der Waals surface area contributed by atoms with Gasteiger partial charge in [0.25, 0.3) is 0 Å². The number of hydrogen-bond acceptors (Lipinski definition) is 3. The Kier molecular flexibility index (Phi) is 2.45. The molecule has 0 saturated heterocycles. The van der Waals surface area contributed by atoms with E-state index in [9.17, 15) is 0 Å². The first-order chi connectivity index (χ1) is 6.40. The fourth-order valence-electron chi connectivity index (χ4n) is 1.16. The van der Waals surface area contributed by atoms with E-state index in [1.165, 1.54) is 4.90 Å². The van der Waals surface area contributed by atoms with Crippen molar-refractivity contribution in [1.29, 1.82) is 0 Å². The topological polar surface area (TPSA) is 18.5 Å². The summed E-state index contributed by atoms with van der Waals surface area (Å²) in [5.74, 6) is 1.70. The average molecular weight is 194 g/mol. The van der Waals surface area contributed by atoms with Gasteiger partial charge in [-0.3, -0.25) is 0 Å². The molecule has 0 spiro atoms. The molecule has 13 heavy (non-hydrogen) atoms. The molecule has 2 nitrogen and oxygen atoms in total. The van der Waals surface area contributed by atoms with E-state index in [1.54, 1.807) is 25.1 Å². The van der Waals surface area contributed by atoms with Crippen LogP contribution in [0.15, 0.2) is 29.4 Å². The lowest BCUT2D eigenvalue weighted by Gasteiger charge is -1.98. The van der Waals surface area contributed by atoms with E-state index in [0.29, 0.717) is 0 Å². The quantitative estimate of drug-likeness (QED) is 0.674. The second-order valence-corrected chi connectivity index (χ2v) is 3.62. The molecule has 0 saturated carbocycles. The van der Waals surface area contributed by atoms with Crippen LogP contribution in [0.2, 0.25) is 0 Å². The summed E-state index contributed by atoms with van der Waals surface area (Å²) in [6, 6.07) is 6.14. The molecule has 0 fully saturated rings. The Morgan fingerprint density at radius 3 is 3.31 bits per heavy atom. The molecule has 1 aromatic carbocycles. The van der Waals surface area contributed by atoms with Crippen LogP contribution in [0.5, 0.6) is 5.75 Å². The molecule has 0 amide bonds. The first-order valence-corrected chi connectivity index (χ1v) is 4.98. The number of rotatable bonds is 2.